The molecular weight excluding hydrogens is 221 g/mol. The van der Waals surface area contributed by atoms with Gasteiger partial charge in [0.25, 0.3) is 0 Å². The summed E-state index contributed by atoms with van der Waals surface area (Å²) in [5.74, 6) is -1.01. The zero-order valence-electron chi connectivity index (χ0n) is 10.2. The van der Waals surface area contributed by atoms with E-state index in [1.165, 1.54) is 6.07 Å². The molecule has 3 nitrogen and oxygen atoms in total. The molecule has 1 aromatic carbocycles. The van der Waals surface area contributed by atoms with Crippen molar-refractivity contribution in [2.75, 3.05) is 13.6 Å². The molecule has 0 amide bonds. The SMILES string of the molecule is CC(c1ccccc1F)N(C)CCCC(=O)O. The summed E-state index contributed by atoms with van der Waals surface area (Å²) < 4.78 is 13.5. The van der Waals surface area contributed by atoms with Crippen molar-refractivity contribution in [3.8, 4) is 0 Å². The molecule has 94 valence electrons. The van der Waals surface area contributed by atoms with Gasteiger partial charge in [-0.2, -0.15) is 0 Å². The van der Waals surface area contributed by atoms with Crippen LogP contribution in [0.3, 0.4) is 0 Å². The molecule has 0 aliphatic rings. The minimum absolute atomic E-state index is 0.0509. The van der Waals surface area contributed by atoms with E-state index in [-0.39, 0.29) is 18.3 Å². The number of carboxylic acid groups (broad SMARTS) is 1. The van der Waals surface area contributed by atoms with Crippen LogP contribution in [0.25, 0.3) is 0 Å². The molecule has 0 aliphatic heterocycles. The average Bonchev–Trinajstić information content (AvgIpc) is 2.28. The van der Waals surface area contributed by atoms with E-state index in [1.807, 2.05) is 18.9 Å². The minimum atomic E-state index is -0.794. The Balaban J connectivity index is 2.55. The van der Waals surface area contributed by atoms with Gasteiger partial charge in [-0.25, -0.2) is 4.39 Å². The van der Waals surface area contributed by atoms with Gasteiger partial charge in [0.2, 0.25) is 0 Å². The Morgan fingerprint density at radius 2 is 2.12 bits per heavy atom. The highest BCUT2D eigenvalue weighted by molar-refractivity contribution is 5.66. The van der Waals surface area contributed by atoms with Crippen molar-refractivity contribution in [2.24, 2.45) is 0 Å². The van der Waals surface area contributed by atoms with Crippen molar-refractivity contribution >= 4 is 5.97 Å². The van der Waals surface area contributed by atoms with E-state index in [0.717, 1.165) is 0 Å². The topological polar surface area (TPSA) is 40.5 Å². The molecule has 1 atom stereocenters. The molecule has 1 rings (SSSR count). The molecule has 1 N–H and O–H groups in total. The minimum Gasteiger partial charge on any atom is -0.481 e. The van der Waals surface area contributed by atoms with E-state index in [4.69, 9.17) is 5.11 Å². The first-order chi connectivity index (χ1) is 8.02. The summed E-state index contributed by atoms with van der Waals surface area (Å²) >= 11 is 0. The van der Waals surface area contributed by atoms with Gasteiger partial charge in [-0.1, -0.05) is 18.2 Å². The summed E-state index contributed by atoms with van der Waals surface area (Å²) in [5, 5.41) is 8.55. The van der Waals surface area contributed by atoms with E-state index < -0.39 is 5.97 Å². The lowest BCUT2D eigenvalue weighted by atomic mass is 10.1. The normalized spacial score (nSPS) is 12.7. The average molecular weight is 239 g/mol. The Morgan fingerprint density at radius 1 is 1.47 bits per heavy atom. The zero-order chi connectivity index (χ0) is 12.8. The number of nitrogens with zero attached hydrogens (tertiary/aromatic N) is 1. The molecule has 4 heteroatoms. The molecule has 0 saturated carbocycles. The predicted molar refractivity (Wildman–Crippen MR) is 64.3 cm³/mol. The molecule has 0 aliphatic carbocycles. The Bertz CT molecular complexity index is 381. The standard InChI is InChI=1S/C13H18FNO2/c1-10(11-6-3-4-7-12(11)14)15(2)9-5-8-13(16)17/h3-4,6-7,10H,5,8-9H2,1-2H3,(H,16,17). The van der Waals surface area contributed by atoms with Crippen molar-refractivity contribution in [2.45, 2.75) is 25.8 Å². The van der Waals surface area contributed by atoms with E-state index >= 15 is 0 Å². The van der Waals surface area contributed by atoms with Gasteiger partial charge < -0.3 is 5.11 Å². The van der Waals surface area contributed by atoms with Gasteiger partial charge in [-0.3, -0.25) is 9.69 Å². The van der Waals surface area contributed by atoms with Gasteiger partial charge in [0.1, 0.15) is 5.82 Å². The first-order valence-corrected chi connectivity index (χ1v) is 5.69. The number of benzene rings is 1. The van der Waals surface area contributed by atoms with Crippen LogP contribution in [0.4, 0.5) is 4.39 Å². The van der Waals surface area contributed by atoms with Crippen molar-refractivity contribution in [3.63, 3.8) is 0 Å². The van der Waals surface area contributed by atoms with Crippen LogP contribution in [0.1, 0.15) is 31.4 Å². The number of halogens is 1. The number of hydrogen-bond donors (Lipinski definition) is 1. The summed E-state index contributed by atoms with van der Waals surface area (Å²) in [6, 6.07) is 6.62. The summed E-state index contributed by atoms with van der Waals surface area (Å²) in [7, 11) is 1.87. The van der Waals surface area contributed by atoms with E-state index in [1.54, 1.807) is 18.2 Å². The van der Waals surface area contributed by atoms with Crippen molar-refractivity contribution in [3.05, 3.63) is 35.6 Å². The smallest absolute Gasteiger partial charge is 0.303 e. The van der Waals surface area contributed by atoms with Crippen molar-refractivity contribution in [1.82, 2.24) is 4.90 Å². The lowest BCUT2D eigenvalue weighted by molar-refractivity contribution is -0.137. The molecule has 1 aromatic rings. The predicted octanol–water partition coefficient (Wildman–Crippen LogP) is 2.68. The van der Waals surface area contributed by atoms with Crippen LogP contribution < -0.4 is 0 Å². The third-order valence-electron chi connectivity index (χ3n) is 2.92. The Kier molecular flexibility index (Phi) is 5.10. The lowest BCUT2D eigenvalue weighted by Gasteiger charge is -2.25. The summed E-state index contributed by atoms with van der Waals surface area (Å²) in [5.41, 5.74) is 0.644. The molecule has 0 spiro atoms. The van der Waals surface area contributed by atoms with E-state index in [0.29, 0.717) is 18.5 Å². The Labute approximate surface area is 101 Å². The van der Waals surface area contributed by atoms with E-state index in [2.05, 4.69) is 0 Å². The summed E-state index contributed by atoms with van der Waals surface area (Å²) in [6.07, 6.45) is 0.721. The van der Waals surface area contributed by atoms with Gasteiger partial charge in [-0.05, 0) is 33.0 Å². The van der Waals surface area contributed by atoms with Gasteiger partial charge in [0.05, 0.1) is 0 Å². The van der Waals surface area contributed by atoms with Gasteiger partial charge in [-0.15, -0.1) is 0 Å². The number of rotatable bonds is 6. The number of carbonyl (C=O) groups is 1. The highest BCUT2D eigenvalue weighted by atomic mass is 19.1. The second-order valence-corrected chi connectivity index (χ2v) is 4.18. The maximum Gasteiger partial charge on any atom is 0.303 e. The number of aliphatic carboxylic acids is 1. The molecular formula is C13H18FNO2. The fourth-order valence-electron chi connectivity index (χ4n) is 1.72. The largest absolute Gasteiger partial charge is 0.481 e. The fourth-order valence-corrected chi connectivity index (χ4v) is 1.72. The van der Waals surface area contributed by atoms with Gasteiger partial charge >= 0.3 is 5.97 Å². The summed E-state index contributed by atoms with van der Waals surface area (Å²) in [4.78, 5) is 12.4. The third-order valence-corrected chi connectivity index (χ3v) is 2.92. The molecule has 0 saturated heterocycles. The number of carboxylic acids is 1. The van der Waals surface area contributed by atoms with E-state index in [9.17, 15) is 9.18 Å². The summed E-state index contributed by atoms with van der Waals surface area (Å²) in [6.45, 7) is 2.56. The Hall–Kier alpha value is -1.42. The second-order valence-electron chi connectivity index (χ2n) is 4.18. The van der Waals surface area contributed by atoms with Crippen LogP contribution in [-0.4, -0.2) is 29.6 Å². The molecule has 0 fully saturated rings. The molecule has 0 aromatic heterocycles. The molecule has 17 heavy (non-hydrogen) atoms. The monoisotopic (exact) mass is 239 g/mol. The van der Waals surface area contributed by atoms with Crippen LogP contribution in [-0.2, 0) is 4.79 Å². The quantitative estimate of drug-likeness (QED) is 0.829. The first-order valence-electron chi connectivity index (χ1n) is 5.69. The zero-order valence-corrected chi connectivity index (χ0v) is 10.2. The third kappa shape index (κ3) is 4.15. The van der Waals surface area contributed by atoms with Crippen molar-refractivity contribution in [1.29, 1.82) is 0 Å². The maximum atomic E-state index is 13.5. The first kappa shape index (κ1) is 13.6. The van der Waals surface area contributed by atoms with Gasteiger partial charge in [0.15, 0.2) is 0 Å². The van der Waals surface area contributed by atoms with Crippen LogP contribution in [0.2, 0.25) is 0 Å². The van der Waals surface area contributed by atoms with Crippen LogP contribution in [0.5, 0.6) is 0 Å². The van der Waals surface area contributed by atoms with Crippen molar-refractivity contribution < 1.29 is 14.3 Å². The second kappa shape index (κ2) is 6.35. The molecule has 0 bridgehead atoms. The maximum absolute atomic E-state index is 13.5. The molecule has 1 unspecified atom stereocenters. The molecule has 0 radical (unpaired) electrons. The number of hydrogen-bond acceptors (Lipinski definition) is 2. The van der Waals surface area contributed by atoms with Crippen LogP contribution in [0, 0.1) is 5.82 Å². The van der Waals surface area contributed by atoms with Crippen LogP contribution in [0.15, 0.2) is 24.3 Å². The molecule has 0 heterocycles. The highest BCUT2D eigenvalue weighted by Crippen LogP contribution is 2.21. The lowest BCUT2D eigenvalue weighted by Crippen LogP contribution is -2.24. The van der Waals surface area contributed by atoms with Gasteiger partial charge in [0, 0.05) is 18.0 Å². The van der Waals surface area contributed by atoms with Crippen LogP contribution >= 0.6 is 0 Å². The Morgan fingerprint density at radius 3 is 2.71 bits per heavy atom. The highest BCUT2D eigenvalue weighted by Gasteiger charge is 2.14. The fraction of sp³-hybridized carbons (Fsp3) is 0.462.